The van der Waals surface area contributed by atoms with Gasteiger partial charge in [-0.2, -0.15) is 8.78 Å². The first-order valence-corrected chi connectivity index (χ1v) is 8.50. The van der Waals surface area contributed by atoms with Crippen LogP contribution in [0.5, 0.6) is 5.75 Å². The highest BCUT2D eigenvalue weighted by Gasteiger charge is 2.23. The molecule has 0 saturated carbocycles. The number of ether oxygens (including phenoxy) is 2. The number of carbonyl (C=O) groups is 1. The summed E-state index contributed by atoms with van der Waals surface area (Å²) < 4.78 is 34.3. The number of rotatable bonds is 6. The van der Waals surface area contributed by atoms with Gasteiger partial charge in [0.05, 0.1) is 13.2 Å². The molecule has 1 aromatic carbocycles. The molecule has 1 aliphatic rings. The van der Waals surface area contributed by atoms with Crippen molar-refractivity contribution in [3.05, 3.63) is 29.8 Å². The number of aliphatic imine (C=N–C) groups is 1. The van der Waals surface area contributed by atoms with Crippen LogP contribution in [0.1, 0.15) is 25.3 Å². The van der Waals surface area contributed by atoms with Crippen molar-refractivity contribution in [1.82, 2.24) is 10.2 Å². The number of nitrogens with zero attached hydrogens (tertiary/aromatic N) is 2. The fraction of sp³-hybridized carbons (Fsp3) is 0.529. The summed E-state index contributed by atoms with van der Waals surface area (Å²) >= 11 is 0. The van der Waals surface area contributed by atoms with E-state index in [0.717, 1.165) is 12.8 Å². The first kappa shape index (κ1) is 19.7. The Labute approximate surface area is 151 Å². The van der Waals surface area contributed by atoms with E-state index in [-0.39, 0.29) is 30.4 Å². The van der Waals surface area contributed by atoms with Gasteiger partial charge in [-0.15, -0.1) is 0 Å². The lowest BCUT2D eigenvalue weighted by atomic mass is 10.1. The fourth-order valence-electron chi connectivity index (χ4n) is 2.69. The molecule has 0 aliphatic carbocycles. The van der Waals surface area contributed by atoms with Gasteiger partial charge in [0, 0.05) is 24.7 Å². The number of benzene rings is 1. The average molecular weight is 370 g/mol. The predicted octanol–water partition coefficient (Wildman–Crippen LogP) is 2.31. The second-order valence-electron chi connectivity index (χ2n) is 5.79. The zero-order chi connectivity index (χ0) is 18.9. The van der Waals surface area contributed by atoms with Crippen molar-refractivity contribution < 1.29 is 23.0 Å². The highest BCUT2D eigenvalue weighted by Crippen LogP contribution is 2.21. The molecule has 144 valence electrons. The molecule has 9 heteroatoms. The number of guanidine groups is 1. The van der Waals surface area contributed by atoms with Gasteiger partial charge < -0.3 is 25.4 Å². The highest BCUT2D eigenvalue weighted by molar-refractivity contribution is 5.78. The standard InChI is InChI=1S/C17H24F2N4O3/c1-2-25-17(24)23-9-7-13(8-10-23)22-16(20)21-11-12-5-3-4-6-14(12)26-15(18)19/h3-6,13,15H,2,7-11H2,1H3,(H3,20,21,22). The van der Waals surface area contributed by atoms with Gasteiger partial charge in [-0.05, 0) is 25.8 Å². The molecule has 0 radical (unpaired) electrons. The van der Waals surface area contributed by atoms with Crippen molar-refractivity contribution >= 4 is 12.1 Å². The summed E-state index contributed by atoms with van der Waals surface area (Å²) in [5.41, 5.74) is 6.41. The van der Waals surface area contributed by atoms with E-state index in [4.69, 9.17) is 10.5 Å². The van der Waals surface area contributed by atoms with Gasteiger partial charge in [0.25, 0.3) is 0 Å². The number of piperidine rings is 1. The molecule has 1 fully saturated rings. The number of nitrogens with two attached hydrogens (primary N) is 1. The lowest BCUT2D eigenvalue weighted by Gasteiger charge is -2.31. The maximum absolute atomic E-state index is 12.4. The van der Waals surface area contributed by atoms with Crippen molar-refractivity contribution in [1.29, 1.82) is 0 Å². The van der Waals surface area contributed by atoms with E-state index in [1.54, 1.807) is 30.0 Å². The fourth-order valence-corrected chi connectivity index (χ4v) is 2.69. The number of amides is 1. The summed E-state index contributed by atoms with van der Waals surface area (Å²) in [7, 11) is 0. The summed E-state index contributed by atoms with van der Waals surface area (Å²) in [5, 5.41) is 3.10. The molecule has 1 amide bonds. The van der Waals surface area contributed by atoms with E-state index in [1.807, 2.05) is 0 Å². The summed E-state index contributed by atoms with van der Waals surface area (Å²) in [5.74, 6) is 0.313. The average Bonchev–Trinajstić information content (AvgIpc) is 2.61. The normalized spacial score (nSPS) is 15.8. The van der Waals surface area contributed by atoms with Gasteiger partial charge in [0.2, 0.25) is 0 Å². The Hall–Kier alpha value is -2.58. The number of para-hydroxylation sites is 1. The van der Waals surface area contributed by atoms with Crippen LogP contribution in [0.4, 0.5) is 13.6 Å². The minimum Gasteiger partial charge on any atom is -0.450 e. The zero-order valence-corrected chi connectivity index (χ0v) is 14.7. The minimum absolute atomic E-state index is 0.0850. The Morgan fingerprint density at radius 3 is 2.73 bits per heavy atom. The van der Waals surface area contributed by atoms with Crippen molar-refractivity contribution in [2.24, 2.45) is 10.7 Å². The third-order valence-electron chi connectivity index (χ3n) is 3.98. The zero-order valence-electron chi connectivity index (χ0n) is 14.7. The number of hydrogen-bond donors (Lipinski definition) is 2. The second kappa shape index (κ2) is 9.79. The Morgan fingerprint density at radius 2 is 2.08 bits per heavy atom. The lowest BCUT2D eigenvalue weighted by molar-refractivity contribution is -0.0504. The summed E-state index contributed by atoms with van der Waals surface area (Å²) in [6, 6.07) is 6.55. The Morgan fingerprint density at radius 1 is 1.38 bits per heavy atom. The number of alkyl halides is 2. The van der Waals surface area contributed by atoms with Gasteiger partial charge in [-0.1, -0.05) is 18.2 Å². The maximum Gasteiger partial charge on any atom is 0.409 e. The van der Waals surface area contributed by atoms with Crippen molar-refractivity contribution in [3.63, 3.8) is 0 Å². The quantitative estimate of drug-likeness (QED) is 0.593. The molecule has 1 aliphatic heterocycles. The third kappa shape index (κ3) is 6.05. The summed E-state index contributed by atoms with van der Waals surface area (Å²) in [6.45, 7) is 0.522. The number of likely N-dealkylation sites (tertiary alicyclic amines) is 1. The van der Waals surface area contributed by atoms with Crippen LogP contribution in [-0.2, 0) is 11.3 Å². The number of halogens is 2. The number of hydrogen-bond acceptors (Lipinski definition) is 4. The van der Waals surface area contributed by atoms with E-state index >= 15 is 0 Å². The SMILES string of the molecule is CCOC(=O)N1CCC(NC(N)=NCc2ccccc2OC(F)F)CC1. The molecule has 0 unspecified atom stereocenters. The maximum atomic E-state index is 12.4. The Bertz CT molecular complexity index is 620. The van der Waals surface area contributed by atoms with Crippen molar-refractivity contribution in [2.45, 2.75) is 39.0 Å². The topological polar surface area (TPSA) is 89.2 Å². The molecule has 1 heterocycles. The number of carbonyl (C=O) groups excluding carboxylic acids is 1. The molecule has 0 bridgehead atoms. The number of nitrogens with one attached hydrogen (secondary N) is 1. The van der Waals surface area contributed by atoms with Crippen LogP contribution in [0.3, 0.4) is 0 Å². The van der Waals surface area contributed by atoms with Gasteiger partial charge in [0.1, 0.15) is 5.75 Å². The van der Waals surface area contributed by atoms with Crippen molar-refractivity contribution in [2.75, 3.05) is 19.7 Å². The van der Waals surface area contributed by atoms with Gasteiger partial charge in [-0.25, -0.2) is 9.79 Å². The van der Waals surface area contributed by atoms with Crippen LogP contribution in [0, 0.1) is 0 Å². The molecule has 1 saturated heterocycles. The third-order valence-corrected chi connectivity index (χ3v) is 3.98. The molecule has 0 spiro atoms. The van der Waals surface area contributed by atoms with E-state index in [2.05, 4.69) is 15.0 Å². The van der Waals surface area contributed by atoms with Crippen LogP contribution in [0.2, 0.25) is 0 Å². The van der Waals surface area contributed by atoms with Gasteiger partial charge in [0.15, 0.2) is 5.96 Å². The van der Waals surface area contributed by atoms with Crippen LogP contribution in [-0.4, -0.2) is 49.3 Å². The van der Waals surface area contributed by atoms with Crippen LogP contribution in [0.15, 0.2) is 29.3 Å². The lowest BCUT2D eigenvalue weighted by Crippen LogP contribution is -2.48. The van der Waals surface area contributed by atoms with Gasteiger partial charge in [-0.3, -0.25) is 0 Å². The van der Waals surface area contributed by atoms with E-state index in [9.17, 15) is 13.6 Å². The second-order valence-corrected chi connectivity index (χ2v) is 5.79. The molecule has 0 atom stereocenters. The molecular weight excluding hydrogens is 346 g/mol. The largest absolute Gasteiger partial charge is 0.450 e. The molecule has 26 heavy (non-hydrogen) atoms. The molecule has 3 N–H and O–H groups in total. The monoisotopic (exact) mass is 370 g/mol. The molecule has 1 aromatic rings. The first-order chi connectivity index (χ1) is 12.5. The first-order valence-electron chi connectivity index (χ1n) is 8.50. The highest BCUT2D eigenvalue weighted by atomic mass is 19.3. The summed E-state index contributed by atoms with van der Waals surface area (Å²) in [4.78, 5) is 17.5. The molecule has 0 aromatic heterocycles. The predicted molar refractivity (Wildman–Crippen MR) is 93.2 cm³/mol. The van der Waals surface area contributed by atoms with E-state index in [0.29, 0.717) is 25.3 Å². The Kier molecular flexibility index (Phi) is 7.43. The van der Waals surface area contributed by atoms with Crippen LogP contribution >= 0.6 is 0 Å². The van der Waals surface area contributed by atoms with Gasteiger partial charge >= 0.3 is 12.7 Å². The van der Waals surface area contributed by atoms with Crippen LogP contribution in [0.25, 0.3) is 0 Å². The molecule has 7 nitrogen and oxygen atoms in total. The smallest absolute Gasteiger partial charge is 0.409 e. The van der Waals surface area contributed by atoms with Crippen molar-refractivity contribution in [3.8, 4) is 5.75 Å². The minimum atomic E-state index is -2.89. The summed E-state index contributed by atoms with van der Waals surface area (Å²) in [6.07, 6.45) is 1.14. The Balaban J connectivity index is 1.83. The van der Waals surface area contributed by atoms with E-state index in [1.165, 1.54) is 6.07 Å². The van der Waals surface area contributed by atoms with Crippen LogP contribution < -0.4 is 15.8 Å². The van der Waals surface area contributed by atoms with E-state index < -0.39 is 6.61 Å². The molecular formula is C17H24F2N4O3. The molecule has 2 rings (SSSR count).